The Morgan fingerprint density at radius 1 is 0.643 bits per heavy atom. The lowest BCUT2D eigenvalue weighted by Gasteiger charge is -2.48. The molecule has 4 aliphatic rings. The van der Waals surface area contributed by atoms with Crippen molar-refractivity contribution >= 4 is 64.5 Å². The Balaban J connectivity index is 0.000000262. The first kappa shape index (κ1) is 57.1. The number of rotatable bonds is 13. The average Bonchev–Trinajstić information content (AvgIpc) is 3.33. The van der Waals surface area contributed by atoms with Crippen molar-refractivity contribution in [2.75, 3.05) is 46.3 Å². The van der Waals surface area contributed by atoms with Gasteiger partial charge in [-0.3, -0.25) is 9.59 Å². The lowest BCUT2D eigenvalue weighted by Crippen LogP contribution is -2.56. The van der Waals surface area contributed by atoms with Crippen LogP contribution in [0, 0.1) is 22.7 Å². The fraction of sp³-hybridized carbons (Fsp3) is 0.685. The summed E-state index contributed by atoms with van der Waals surface area (Å²) in [6, 6.07) is 13.3. The molecule has 2 saturated carbocycles. The fourth-order valence-corrected chi connectivity index (χ4v) is 11.4. The maximum atomic E-state index is 13.8. The molecule has 390 valence electrons. The van der Waals surface area contributed by atoms with E-state index in [1.165, 1.54) is 64.2 Å². The maximum absolute atomic E-state index is 13.8. The Morgan fingerprint density at radius 2 is 1.00 bits per heavy atom. The van der Waals surface area contributed by atoms with E-state index >= 15 is 0 Å². The van der Waals surface area contributed by atoms with Crippen molar-refractivity contribution in [1.82, 2.24) is 31.1 Å². The van der Waals surface area contributed by atoms with Crippen LogP contribution < -0.4 is 27.0 Å². The molecule has 6 N–H and O–H groups in total. The summed E-state index contributed by atoms with van der Waals surface area (Å²) in [5.74, 6) is 1.16. The zero-order valence-corrected chi connectivity index (χ0v) is 45.4. The molecular weight excluding hydrogens is 946 g/mol. The summed E-state index contributed by atoms with van der Waals surface area (Å²) >= 11 is 17.4. The van der Waals surface area contributed by atoms with E-state index in [-0.39, 0.29) is 22.6 Å². The molecule has 70 heavy (non-hydrogen) atoms. The quantitative estimate of drug-likeness (QED) is 0.122. The first-order valence-corrected chi connectivity index (χ1v) is 27.0. The standard InChI is InChI=1S/C28H43ClN4O3S.C26H40ClN3O3/c1-27(2,3)36-26(35)32-23(18-20-10-12-22(29)13-11-20)24(34)33-16-14-28(15-17-33,19-31-25(37)30-4)21-8-6-5-7-9-21;1-25(2,3)33-24(32)29-22(17-19-9-11-21(27)12-10-19)23(31)30-15-13-26(18-28,14-16-30)20-7-5-4-6-8-20/h10-13,21,23H,5-9,14-19H2,1-4H3,(H,32,35)(H2,30,31,37);9-12,20,22H,4-8,13-18,28H2,1-3H3,(H,29,32)/t23-;22-/m11/s1. The van der Waals surface area contributed by atoms with Gasteiger partial charge >= 0.3 is 12.2 Å². The zero-order valence-electron chi connectivity index (χ0n) is 43.1. The molecule has 6 rings (SSSR count). The third-order valence-corrected chi connectivity index (χ3v) is 15.9. The van der Waals surface area contributed by atoms with E-state index in [2.05, 4.69) is 21.3 Å². The Labute approximate surface area is 434 Å². The Hall–Kier alpha value is -3.85. The van der Waals surface area contributed by atoms with Gasteiger partial charge in [-0.15, -0.1) is 0 Å². The largest absolute Gasteiger partial charge is 0.444 e. The predicted molar refractivity (Wildman–Crippen MR) is 285 cm³/mol. The third-order valence-electron chi connectivity index (χ3n) is 15.0. The van der Waals surface area contributed by atoms with Gasteiger partial charge in [-0.25, -0.2) is 9.59 Å². The monoisotopic (exact) mass is 1030 g/mol. The van der Waals surface area contributed by atoms with Gasteiger partial charge in [0, 0.05) is 62.7 Å². The van der Waals surface area contributed by atoms with E-state index in [1.807, 2.05) is 82.7 Å². The molecule has 2 aromatic rings. The Bertz CT molecular complexity index is 2000. The molecule has 2 heterocycles. The van der Waals surface area contributed by atoms with E-state index in [0.717, 1.165) is 43.4 Å². The molecule has 2 aliphatic heterocycles. The predicted octanol–water partition coefficient (Wildman–Crippen LogP) is 9.98. The highest BCUT2D eigenvalue weighted by Crippen LogP contribution is 2.47. The second-order valence-corrected chi connectivity index (χ2v) is 23.5. The number of nitrogens with zero attached hydrogens (tertiary/aromatic N) is 2. The van der Waals surface area contributed by atoms with Crippen molar-refractivity contribution in [3.63, 3.8) is 0 Å². The molecular formula is C54H83Cl2N7O6S. The van der Waals surface area contributed by atoms with E-state index in [0.29, 0.717) is 72.6 Å². The second kappa shape index (κ2) is 26.2. The van der Waals surface area contributed by atoms with Gasteiger partial charge in [-0.05, 0) is 170 Å². The number of nitrogens with two attached hydrogens (primary N) is 1. The normalized spacial score (nSPS) is 19.6. The third kappa shape index (κ3) is 17.4. The minimum Gasteiger partial charge on any atom is -0.444 e. The number of hydrogen-bond donors (Lipinski definition) is 5. The summed E-state index contributed by atoms with van der Waals surface area (Å²) in [4.78, 5) is 56.3. The lowest BCUT2D eigenvalue weighted by molar-refractivity contribution is -0.137. The molecule has 0 unspecified atom stereocenters. The zero-order chi connectivity index (χ0) is 51.1. The lowest BCUT2D eigenvalue weighted by atomic mass is 9.63. The van der Waals surface area contributed by atoms with Crippen LogP contribution in [0.4, 0.5) is 9.59 Å². The molecule has 13 nitrogen and oxygen atoms in total. The summed E-state index contributed by atoms with van der Waals surface area (Å²) in [7, 11) is 1.84. The molecule has 0 aromatic heterocycles. The number of amides is 4. The first-order valence-electron chi connectivity index (χ1n) is 25.8. The maximum Gasteiger partial charge on any atom is 0.408 e. The number of carbonyl (C=O) groups is 4. The van der Waals surface area contributed by atoms with Crippen LogP contribution >= 0.6 is 35.4 Å². The molecule has 2 atom stereocenters. The number of carbonyl (C=O) groups excluding carboxylic acids is 4. The second-order valence-electron chi connectivity index (χ2n) is 22.2. The van der Waals surface area contributed by atoms with E-state index in [9.17, 15) is 19.2 Å². The molecule has 0 spiro atoms. The molecule has 2 aromatic carbocycles. The molecule has 4 fully saturated rings. The van der Waals surface area contributed by atoms with Crippen LogP contribution in [0.1, 0.15) is 143 Å². The van der Waals surface area contributed by atoms with E-state index < -0.39 is 35.5 Å². The van der Waals surface area contributed by atoms with Gasteiger partial charge in [-0.2, -0.15) is 0 Å². The number of alkyl carbamates (subject to hydrolysis) is 2. The summed E-state index contributed by atoms with van der Waals surface area (Å²) in [5, 5.41) is 14.0. The number of halogens is 2. The van der Waals surface area contributed by atoms with Gasteiger partial charge in [-0.1, -0.05) is 86.0 Å². The summed E-state index contributed by atoms with van der Waals surface area (Å²) in [6.45, 7) is 15.1. The Morgan fingerprint density at radius 3 is 1.34 bits per heavy atom. The van der Waals surface area contributed by atoms with Crippen LogP contribution in [0.3, 0.4) is 0 Å². The Kier molecular flexibility index (Phi) is 21.4. The van der Waals surface area contributed by atoms with Crippen molar-refractivity contribution in [2.24, 2.45) is 28.4 Å². The number of piperidine rings is 2. The van der Waals surface area contributed by atoms with E-state index in [1.54, 1.807) is 24.3 Å². The van der Waals surface area contributed by atoms with Crippen molar-refractivity contribution in [1.29, 1.82) is 0 Å². The molecule has 16 heteroatoms. The number of benzene rings is 2. The SMILES string of the molecule is CC(C)(C)OC(=O)N[C@H](Cc1ccc(Cl)cc1)C(=O)N1CCC(CN)(C2CCCCC2)CC1.CNC(=S)NCC1(C2CCCCC2)CCN(C(=O)[C@@H](Cc2ccc(Cl)cc2)NC(=O)OC(C)(C)C)CC1. The summed E-state index contributed by atoms with van der Waals surface area (Å²) in [5.41, 5.74) is 7.13. The van der Waals surface area contributed by atoms with Crippen LogP contribution in [-0.4, -0.2) is 109 Å². The highest BCUT2D eigenvalue weighted by Gasteiger charge is 2.45. The van der Waals surface area contributed by atoms with Crippen LogP contribution in [0.2, 0.25) is 10.0 Å². The van der Waals surface area contributed by atoms with E-state index in [4.69, 9.17) is 50.6 Å². The molecule has 0 bridgehead atoms. The smallest absolute Gasteiger partial charge is 0.408 e. The van der Waals surface area contributed by atoms with Gasteiger partial charge in [0.2, 0.25) is 11.8 Å². The van der Waals surface area contributed by atoms with Crippen LogP contribution in [0.15, 0.2) is 48.5 Å². The molecule has 2 saturated heterocycles. The van der Waals surface area contributed by atoms with Crippen LogP contribution in [0.5, 0.6) is 0 Å². The van der Waals surface area contributed by atoms with Crippen molar-refractivity contribution in [3.05, 3.63) is 69.7 Å². The molecule has 2 aliphatic carbocycles. The highest BCUT2D eigenvalue weighted by atomic mass is 35.5. The molecule has 4 amide bonds. The number of nitrogens with one attached hydrogen (secondary N) is 4. The average molecular weight is 1030 g/mol. The number of thiocarbonyl (C=S) groups is 1. The number of ether oxygens (including phenoxy) is 2. The summed E-state index contributed by atoms with van der Waals surface area (Å²) < 4.78 is 10.9. The number of hydrogen-bond acceptors (Lipinski definition) is 8. The minimum absolute atomic E-state index is 0.0647. The summed E-state index contributed by atoms with van der Waals surface area (Å²) in [6.07, 6.45) is 16.0. The van der Waals surface area contributed by atoms with Crippen molar-refractivity contribution < 1.29 is 28.7 Å². The topological polar surface area (TPSA) is 167 Å². The van der Waals surface area contributed by atoms with Gasteiger partial charge in [0.1, 0.15) is 23.3 Å². The minimum atomic E-state index is -0.715. The number of likely N-dealkylation sites (tertiary alicyclic amines) is 2. The van der Waals surface area contributed by atoms with Crippen molar-refractivity contribution in [2.45, 2.75) is 168 Å². The molecule has 0 radical (unpaired) electrons. The van der Waals surface area contributed by atoms with Gasteiger partial charge < -0.3 is 46.3 Å². The van der Waals surface area contributed by atoms with Crippen molar-refractivity contribution in [3.8, 4) is 0 Å². The fourth-order valence-electron chi connectivity index (χ4n) is 11.1. The van der Waals surface area contributed by atoms with Crippen LogP contribution in [-0.2, 0) is 31.9 Å². The van der Waals surface area contributed by atoms with Gasteiger partial charge in [0.05, 0.1) is 0 Å². The first-order chi connectivity index (χ1) is 33.1. The van der Waals surface area contributed by atoms with Gasteiger partial charge in [0.25, 0.3) is 0 Å². The van der Waals surface area contributed by atoms with Gasteiger partial charge in [0.15, 0.2) is 5.11 Å². The van der Waals surface area contributed by atoms with Crippen LogP contribution in [0.25, 0.3) is 0 Å². The highest BCUT2D eigenvalue weighted by molar-refractivity contribution is 7.80.